The number of ketones is 1. The maximum absolute atomic E-state index is 12.9. The lowest BCUT2D eigenvalue weighted by atomic mass is 10.1. The largest absolute Gasteiger partial charge is 0.421 e. The Morgan fingerprint density at radius 1 is 0.919 bits per heavy atom. The number of rotatable bonds is 9. The van der Waals surface area contributed by atoms with Crippen LogP contribution in [0.25, 0.3) is 10.9 Å². The Bertz CT molecular complexity index is 1270. The highest BCUT2D eigenvalue weighted by Crippen LogP contribution is 2.19. The van der Waals surface area contributed by atoms with E-state index in [1.165, 1.54) is 12.1 Å². The molecule has 1 fully saturated rings. The van der Waals surface area contributed by atoms with Gasteiger partial charge in [-0.2, -0.15) is 0 Å². The molecule has 2 aromatic carbocycles. The van der Waals surface area contributed by atoms with Crippen molar-refractivity contribution in [3.8, 4) is 5.75 Å². The number of nitrogens with one attached hydrogen (secondary N) is 1. The molecular formula is C28H32N4O5. The number of amides is 2. The van der Waals surface area contributed by atoms with Crippen molar-refractivity contribution in [2.24, 2.45) is 0 Å². The number of carbonyl (C=O) groups is 4. The molecule has 1 aliphatic rings. The van der Waals surface area contributed by atoms with Gasteiger partial charge < -0.3 is 19.5 Å². The lowest BCUT2D eigenvalue weighted by molar-refractivity contribution is -0.146. The number of aromatic amines is 1. The van der Waals surface area contributed by atoms with Gasteiger partial charge in [0.1, 0.15) is 5.75 Å². The van der Waals surface area contributed by atoms with Gasteiger partial charge in [0.15, 0.2) is 0 Å². The third-order valence-corrected chi connectivity index (χ3v) is 6.70. The van der Waals surface area contributed by atoms with Gasteiger partial charge in [-0.25, -0.2) is 4.79 Å². The lowest BCUT2D eigenvalue weighted by Gasteiger charge is -2.35. The first-order valence-corrected chi connectivity index (χ1v) is 12.6. The first-order valence-electron chi connectivity index (χ1n) is 12.6. The summed E-state index contributed by atoms with van der Waals surface area (Å²) in [6, 6.07) is 13.8. The maximum atomic E-state index is 12.9. The standard InChI is InChI=1S/C28H32N4O5/c1-3-31(4-2)26(34)19-30-13-15-32(16-14-30)27(35)20-9-11-22(12-10-20)37-28(36)25(33)17-21-18-29-24-8-6-5-7-23(21)24/h5-12,18,29H,3-4,13-17,19H2,1-2H3. The van der Waals surface area contributed by atoms with E-state index in [0.717, 1.165) is 16.5 Å². The summed E-state index contributed by atoms with van der Waals surface area (Å²) in [6.07, 6.45) is 1.66. The first-order chi connectivity index (χ1) is 17.9. The summed E-state index contributed by atoms with van der Waals surface area (Å²) in [7, 11) is 0. The zero-order valence-corrected chi connectivity index (χ0v) is 21.2. The molecule has 3 aromatic rings. The lowest BCUT2D eigenvalue weighted by Crippen LogP contribution is -2.51. The van der Waals surface area contributed by atoms with Crippen LogP contribution in [0.5, 0.6) is 5.75 Å². The van der Waals surface area contributed by atoms with Gasteiger partial charge in [0.2, 0.25) is 11.7 Å². The van der Waals surface area contributed by atoms with E-state index < -0.39 is 11.8 Å². The molecule has 1 aromatic heterocycles. The smallest absolute Gasteiger partial charge is 0.380 e. The number of piperazine rings is 1. The van der Waals surface area contributed by atoms with Crippen molar-refractivity contribution in [1.29, 1.82) is 0 Å². The summed E-state index contributed by atoms with van der Waals surface area (Å²) >= 11 is 0. The summed E-state index contributed by atoms with van der Waals surface area (Å²) in [5, 5.41) is 0.892. The molecule has 2 heterocycles. The van der Waals surface area contributed by atoms with Crippen LogP contribution in [0.3, 0.4) is 0 Å². The zero-order valence-electron chi connectivity index (χ0n) is 21.2. The third kappa shape index (κ3) is 6.24. The predicted octanol–water partition coefficient (Wildman–Crippen LogP) is 2.51. The van der Waals surface area contributed by atoms with E-state index in [0.29, 0.717) is 51.4 Å². The third-order valence-electron chi connectivity index (χ3n) is 6.70. The van der Waals surface area contributed by atoms with Crippen LogP contribution in [0.2, 0.25) is 0 Å². The van der Waals surface area contributed by atoms with Crippen LogP contribution in [0, 0.1) is 0 Å². The predicted molar refractivity (Wildman–Crippen MR) is 139 cm³/mol. The Kier molecular flexibility index (Phi) is 8.35. The number of nitrogens with zero attached hydrogens (tertiary/aromatic N) is 3. The summed E-state index contributed by atoms with van der Waals surface area (Å²) < 4.78 is 5.24. The fourth-order valence-corrected chi connectivity index (χ4v) is 4.51. The molecule has 2 amide bonds. The van der Waals surface area contributed by atoms with Crippen LogP contribution in [0.4, 0.5) is 0 Å². The molecule has 0 bridgehead atoms. The number of benzene rings is 2. The second-order valence-corrected chi connectivity index (χ2v) is 9.01. The highest BCUT2D eigenvalue weighted by molar-refractivity contribution is 6.35. The number of fused-ring (bicyclic) bond motifs is 1. The van der Waals surface area contributed by atoms with Gasteiger partial charge in [0.25, 0.3) is 5.91 Å². The van der Waals surface area contributed by atoms with Crippen LogP contribution in [-0.4, -0.2) is 89.1 Å². The van der Waals surface area contributed by atoms with Crippen molar-refractivity contribution in [1.82, 2.24) is 19.7 Å². The summed E-state index contributed by atoms with van der Waals surface area (Å²) in [4.78, 5) is 58.7. The Balaban J connectivity index is 1.27. The molecule has 0 unspecified atom stereocenters. The molecule has 4 rings (SSSR count). The second kappa shape index (κ2) is 11.8. The number of para-hydroxylation sites is 1. The molecule has 0 atom stereocenters. The normalized spacial score (nSPS) is 13.9. The molecule has 0 spiro atoms. The number of H-pyrrole nitrogens is 1. The van der Waals surface area contributed by atoms with E-state index in [-0.39, 0.29) is 24.0 Å². The van der Waals surface area contributed by atoms with Gasteiger partial charge in [-0.05, 0) is 49.7 Å². The van der Waals surface area contributed by atoms with E-state index in [1.54, 1.807) is 23.2 Å². The Morgan fingerprint density at radius 3 is 2.27 bits per heavy atom. The van der Waals surface area contributed by atoms with Crippen molar-refractivity contribution in [2.75, 3.05) is 45.8 Å². The molecule has 0 radical (unpaired) electrons. The Morgan fingerprint density at radius 2 is 1.59 bits per heavy atom. The van der Waals surface area contributed by atoms with Crippen LogP contribution < -0.4 is 4.74 Å². The summed E-state index contributed by atoms with van der Waals surface area (Å²) in [6.45, 7) is 8.00. The van der Waals surface area contributed by atoms with E-state index in [2.05, 4.69) is 9.88 Å². The number of aromatic nitrogens is 1. The van der Waals surface area contributed by atoms with Crippen molar-refractivity contribution >= 4 is 34.5 Å². The zero-order chi connectivity index (χ0) is 26.4. The van der Waals surface area contributed by atoms with E-state index in [9.17, 15) is 19.2 Å². The van der Waals surface area contributed by atoms with Gasteiger partial charge in [-0.1, -0.05) is 18.2 Å². The fraction of sp³-hybridized carbons (Fsp3) is 0.357. The van der Waals surface area contributed by atoms with Gasteiger partial charge in [0, 0.05) is 68.4 Å². The van der Waals surface area contributed by atoms with E-state index >= 15 is 0 Å². The number of esters is 1. The fourth-order valence-electron chi connectivity index (χ4n) is 4.51. The maximum Gasteiger partial charge on any atom is 0.380 e. The number of hydrogen-bond acceptors (Lipinski definition) is 6. The molecule has 1 saturated heterocycles. The topological polar surface area (TPSA) is 103 Å². The van der Waals surface area contributed by atoms with E-state index in [1.807, 2.05) is 43.0 Å². The monoisotopic (exact) mass is 504 g/mol. The first kappa shape index (κ1) is 26.1. The number of hydrogen-bond donors (Lipinski definition) is 1. The van der Waals surface area contributed by atoms with Crippen LogP contribution in [-0.2, 0) is 20.8 Å². The molecular weight excluding hydrogens is 472 g/mol. The molecule has 0 aliphatic carbocycles. The van der Waals surface area contributed by atoms with Crippen molar-refractivity contribution < 1.29 is 23.9 Å². The highest BCUT2D eigenvalue weighted by Gasteiger charge is 2.25. The molecule has 9 heteroatoms. The minimum atomic E-state index is -0.945. The van der Waals surface area contributed by atoms with Crippen LogP contribution >= 0.6 is 0 Å². The molecule has 194 valence electrons. The van der Waals surface area contributed by atoms with Crippen LogP contribution in [0.1, 0.15) is 29.8 Å². The van der Waals surface area contributed by atoms with Crippen molar-refractivity contribution in [3.63, 3.8) is 0 Å². The van der Waals surface area contributed by atoms with E-state index in [4.69, 9.17) is 4.74 Å². The molecule has 9 nitrogen and oxygen atoms in total. The van der Waals surface area contributed by atoms with Gasteiger partial charge in [-0.3, -0.25) is 19.3 Å². The van der Waals surface area contributed by atoms with Crippen molar-refractivity contribution in [3.05, 3.63) is 65.9 Å². The quantitative estimate of drug-likeness (QED) is 0.273. The van der Waals surface area contributed by atoms with Crippen LogP contribution in [0.15, 0.2) is 54.7 Å². The number of carbonyl (C=O) groups excluding carboxylic acids is 4. The number of likely N-dealkylation sites (N-methyl/N-ethyl adjacent to an activating group) is 1. The number of Topliss-reactive ketones (excluding diaryl/α,β-unsaturated/α-hetero) is 1. The SMILES string of the molecule is CCN(CC)C(=O)CN1CCN(C(=O)c2ccc(OC(=O)C(=O)Cc3c[nH]c4ccccc34)cc2)CC1. The average Bonchev–Trinajstić information content (AvgIpc) is 3.32. The highest BCUT2D eigenvalue weighted by atomic mass is 16.5. The molecule has 1 aliphatic heterocycles. The Hall–Kier alpha value is -3.98. The minimum Gasteiger partial charge on any atom is -0.421 e. The Labute approximate surface area is 216 Å². The van der Waals surface area contributed by atoms with Gasteiger partial charge in [0.05, 0.1) is 6.54 Å². The molecule has 1 N–H and O–H groups in total. The van der Waals surface area contributed by atoms with Gasteiger partial charge in [-0.15, -0.1) is 0 Å². The molecule has 0 saturated carbocycles. The minimum absolute atomic E-state index is 0.0636. The number of ether oxygens (including phenoxy) is 1. The summed E-state index contributed by atoms with van der Waals surface area (Å²) in [5.41, 5.74) is 2.10. The van der Waals surface area contributed by atoms with Crippen molar-refractivity contribution in [2.45, 2.75) is 20.3 Å². The van der Waals surface area contributed by atoms with Gasteiger partial charge >= 0.3 is 5.97 Å². The average molecular weight is 505 g/mol. The molecule has 37 heavy (non-hydrogen) atoms. The summed E-state index contributed by atoms with van der Waals surface area (Å²) in [5.74, 6) is -1.41. The second-order valence-electron chi connectivity index (χ2n) is 9.01.